The fourth-order valence-electron chi connectivity index (χ4n) is 1.16. The quantitative estimate of drug-likeness (QED) is 0.496. The molecule has 0 saturated carbocycles. The van der Waals surface area contributed by atoms with Crippen molar-refractivity contribution in [1.82, 2.24) is 0 Å². The van der Waals surface area contributed by atoms with Crippen LogP contribution >= 0.6 is 0 Å². The highest BCUT2D eigenvalue weighted by atomic mass is 16.5. The van der Waals surface area contributed by atoms with Crippen molar-refractivity contribution in [3.63, 3.8) is 0 Å². The SMILES string of the molecule is COC(=O)c1ccc(NCCO)c(N)c1. The summed E-state index contributed by atoms with van der Waals surface area (Å²) in [5.74, 6) is -0.421. The lowest BCUT2D eigenvalue weighted by Crippen LogP contribution is -2.09. The number of methoxy groups -OCH3 is 1. The highest BCUT2D eigenvalue weighted by Crippen LogP contribution is 2.19. The molecule has 0 bridgehead atoms. The summed E-state index contributed by atoms with van der Waals surface area (Å²) in [6, 6.07) is 4.82. The van der Waals surface area contributed by atoms with Gasteiger partial charge in [0.1, 0.15) is 0 Å². The smallest absolute Gasteiger partial charge is 0.337 e. The number of nitrogens with one attached hydrogen (secondary N) is 1. The first-order chi connectivity index (χ1) is 7.19. The predicted octanol–water partition coefficient (Wildman–Crippen LogP) is 0.460. The van der Waals surface area contributed by atoms with Crippen LogP contribution in [0, 0.1) is 0 Å². The van der Waals surface area contributed by atoms with Gasteiger partial charge in [-0.3, -0.25) is 0 Å². The number of rotatable bonds is 4. The van der Waals surface area contributed by atoms with Crippen LogP contribution in [0.1, 0.15) is 10.4 Å². The monoisotopic (exact) mass is 210 g/mol. The minimum Gasteiger partial charge on any atom is -0.465 e. The first-order valence-corrected chi connectivity index (χ1v) is 4.51. The fraction of sp³-hybridized carbons (Fsp3) is 0.300. The molecule has 15 heavy (non-hydrogen) atoms. The Kier molecular flexibility index (Phi) is 3.93. The van der Waals surface area contributed by atoms with Crippen LogP contribution in [0.3, 0.4) is 0 Å². The molecule has 0 fully saturated rings. The lowest BCUT2D eigenvalue weighted by atomic mass is 10.1. The lowest BCUT2D eigenvalue weighted by Gasteiger charge is -2.08. The minimum absolute atomic E-state index is 0.0260. The van der Waals surface area contributed by atoms with E-state index in [9.17, 15) is 4.79 Å². The molecule has 0 aliphatic carbocycles. The van der Waals surface area contributed by atoms with E-state index in [0.29, 0.717) is 23.5 Å². The number of anilines is 2. The summed E-state index contributed by atoms with van der Waals surface area (Å²) in [5, 5.41) is 11.5. The van der Waals surface area contributed by atoms with Crippen molar-refractivity contribution in [2.75, 3.05) is 31.3 Å². The number of benzene rings is 1. The van der Waals surface area contributed by atoms with Crippen molar-refractivity contribution >= 4 is 17.3 Å². The highest BCUT2D eigenvalue weighted by molar-refractivity contribution is 5.91. The molecular weight excluding hydrogens is 196 g/mol. The molecule has 4 N–H and O–H groups in total. The van der Waals surface area contributed by atoms with Crippen molar-refractivity contribution in [1.29, 1.82) is 0 Å². The fourth-order valence-corrected chi connectivity index (χ4v) is 1.16. The van der Waals surface area contributed by atoms with Crippen molar-refractivity contribution in [3.8, 4) is 0 Å². The van der Waals surface area contributed by atoms with Crippen molar-refractivity contribution in [2.45, 2.75) is 0 Å². The van der Waals surface area contributed by atoms with Crippen LogP contribution in [0.5, 0.6) is 0 Å². The van der Waals surface area contributed by atoms with Crippen LogP contribution in [0.25, 0.3) is 0 Å². The molecule has 1 rings (SSSR count). The third-order valence-corrected chi connectivity index (χ3v) is 1.90. The van der Waals surface area contributed by atoms with Crippen LogP contribution in [-0.4, -0.2) is 31.3 Å². The van der Waals surface area contributed by atoms with E-state index in [4.69, 9.17) is 10.8 Å². The van der Waals surface area contributed by atoms with E-state index in [0.717, 1.165) is 0 Å². The van der Waals surface area contributed by atoms with Crippen molar-refractivity contribution in [3.05, 3.63) is 23.8 Å². The van der Waals surface area contributed by atoms with Crippen LogP contribution in [0.2, 0.25) is 0 Å². The molecule has 0 unspecified atom stereocenters. The summed E-state index contributed by atoms with van der Waals surface area (Å²) in [4.78, 5) is 11.2. The van der Waals surface area contributed by atoms with Gasteiger partial charge in [0.2, 0.25) is 0 Å². The molecule has 0 aromatic heterocycles. The second-order valence-corrected chi connectivity index (χ2v) is 2.94. The van der Waals surface area contributed by atoms with E-state index in [-0.39, 0.29) is 6.61 Å². The first-order valence-electron chi connectivity index (χ1n) is 4.51. The Morgan fingerprint density at radius 2 is 2.33 bits per heavy atom. The van der Waals surface area contributed by atoms with Gasteiger partial charge in [0.15, 0.2) is 0 Å². The summed E-state index contributed by atoms with van der Waals surface area (Å²) in [6.07, 6.45) is 0. The Morgan fingerprint density at radius 1 is 1.60 bits per heavy atom. The predicted molar refractivity (Wildman–Crippen MR) is 57.8 cm³/mol. The third kappa shape index (κ3) is 2.85. The zero-order chi connectivity index (χ0) is 11.3. The van der Waals surface area contributed by atoms with Crippen molar-refractivity contribution in [2.24, 2.45) is 0 Å². The summed E-state index contributed by atoms with van der Waals surface area (Å²) in [5.41, 5.74) is 7.25. The average molecular weight is 210 g/mol. The van der Waals surface area contributed by atoms with E-state index in [2.05, 4.69) is 10.1 Å². The molecule has 0 spiro atoms. The number of carbonyl (C=O) groups is 1. The Balaban J connectivity index is 2.83. The molecule has 0 aliphatic heterocycles. The number of hydrogen-bond acceptors (Lipinski definition) is 5. The number of esters is 1. The molecule has 1 aromatic carbocycles. The molecule has 0 aliphatic rings. The van der Waals surface area contributed by atoms with E-state index in [1.807, 2.05) is 0 Å². The van der Waals surface area contributed by atoms with Gasteiger partial charge in [0, 0.05) is 6.54 Å². The third-order valence-electron chi connectivity index (χ3n) is 1.90. The standard InChI is InChI=1S/C10H14N2O3/c1-15-10(14)7-2-3-9(8(11)6-7)12-4-5-13/h2-3,6,12-13H,4-5,11H2,1H3. The number of aliphatic hydroxyl groups excluding tert-OH is 1. The maximum atomic E-state index is 11.2. The summed E-state index contributed by atoms with van der Waals surface area (Å²) in [7, 11) is 1.32. The number of nitrogens with two attached hydrogens (primary N) is 1. The molecule has 82 valence electrons. The molecule has 0 radical (unpaired) electrons. The van der Waals surface area contributed by atoms with Gasteiger partial charge in [-0.1, -0.05) is 0 Å². The zero-order valence-corrected chi connectivity index (χ0v) is 8.49. The van der Waals surface area contributed by atoms with Gasteiger partial charge < -0.3 is 20.9 Å². The maximum absolute atomic E-state index is 11.2. The molecule has 0 heterocycles. The largest absolute Gasteiger partial charge is 0.465 e. The average Bonchev–Trinajstić information content (AvgIpc) is 2.26. The van der Waals surface area contributed by atoms with Crippen LogP contribution < -0.4 is 11.1 Å². The second kappa shape index (κ2) is 5.21. The van der Waals surface area contributed by atoms with E-state index < -0.39 is 5.97 Å². The Morgan fingerprint density at radius 3 is 2.87 bits per heavy atom. The van der Waals surface area contributed by atoms with Crippen molar-refractivity contribution < 1.29 is 14.6 Å². The number of hydrogen-bond donors (Lipinski definition) is 3. The van der Waals surface area contributed by atoms with E-state index in [1.54, 1.807) is 12.1 Å². The van der Waals surface area contributed by atoms with Gasteiger partial charge in [-0.15, -0.1) is 0 Å². The maximum Gasteiger partial charge on any atom is 0.337 e. The Hall–Kier alpha value is -1.75. The van der Waals surface area contributed by atoms with E-state index >= 15 is 0 Å². The van der Waals surface area contributed by atoms with Crippen LogP contribution in [-0.2, 0) is 4.74 Å². The topological polar surface area (TPSA) is 84.6 Å². The van der Waals surface area contributed by atoms with Crippen LogP contribution in [0.15, 0.2) is 18.2 Å². The molecule has 0 amide bonds. The number of carbonyl (C=O) groups excluding carboxylic acids is 1. The first kappa shape index (κ1) is 11.3. The molecule has 5 nitrogen and oxygen atoms in total. The molecule has 0 atom stereocenters. The normalized spacial score (nSPS) is 9.73. The Labute approximate surface area is 87.9 Å². The van der Waals surface area contributed by atoms with Gasteiger partial charge >= 0.3 is 5.97 Å². The molecule has 1 aromatic rings. The van der Waals surface area contributed by atoms with Gasteiger partial charge in [-0.25, -0.2) is 4.79 Å². The number of nitrogen functional groups attached to an aromatic ring is 1. The highest BCUT2D eigenvalue weighted by Gasteiger charge is 2.07. The zero-order valence-electron chi connectivity index (χ0n) is 8.49. The molecule has 0 saturated heterocycles. The second-order valence-electron chi connectivity index (χ2n) is 2.94. The Bertz CT molecular complexity index is 353. The summed E-state index contributed by atoms with van der Waals surface area (Å²) < 4.78 is 4.56. The van der Waals surface area contributed by atoms with Gasteiger partial charge in [0.25, 0.3) is 0 Å². The number of aliphatic hydroxyl groups is 1. The number of ether oxygens (including phenoxy) is 1. The van der Waals surface area contributed by atoms with Gasteiger partial charge in [-0.05, 0) is 18.2 Å². The summed E-state index contributed by atoms with van der Waals surface area (Å²) >= 11 is 0. The van der Waals surface area contributed by atoms with Gasteiger partial charge in [-0.2, -0.15) is 0 Å². The molecule has 5 heteroatoms. The molecular formula is C10H14N2O3. The summed E-state index contributed by atoms with van der Waals surface area (Å²) in [6.45, 7) is 0.444. The lowest BCUT2D eigenvalue weighted by molar-refractivity contribution is 0.0601. The van der Waals surface area contributed by atoms with E-state index in [1.165, 1.54) is 13.2 Å². The minimum atomic E-state index is -0.421. The van der Waals surface area contributed by atoms with Gasteiger partial charge in [0.05, 0.1) is 30.7 Å². The van der Waals surface area contributed by atoms with Crippen LogP contribution in [0.4, 0.5) is 11.4 Å².